The summed E-state index contributed by atoms with van der Waals surface area (Å²) in [6, 6.07) is 0. The molecule has 4 heteroatoms. The molecular formula is C14H24O4. The molecule has 0 spiro atoms. The van der Waals surface area contributed by atoms with Gasteiger partial charge in [-0.05, 0) is 31.1 Å². The maximum Gasteiger partial charge on any atom is 0.305 e. The fourth-order valence-corrected chi connectivity index (χ4v) is 2.87. The van der Waals surface area contributed by atoms with Gasteiger partial charge in [0.25, 0.3) is 0 Å². The third-order valence-corrected chi connectivity index (χ3v) is 4.09. The second-order valence-electron chi connectivity index (χ2n) is 5.21. The highest BCUT2D eigenvalue weighted by molar-refractivity contribution is 5.69. The van der Waals surface area contributed by atoms with Crippen molar-refractivity contribution in [3.63, 3.8) is 0 Å². The predicted molar refractivity (Wildman–Crippen MR) is 68.0 cm³/mol. The van der Waals surface area contributed by atoms with Gasteiger partial charge >= 0.3 is 11.9 Å². The smallest absolute Gasteiger partial charge is 0.305 e. The largest absolute Gasteiger partial charge is 0.469 e. The van der Waals surface area contributed by atoms with Crippen molar-refractivity contribution in [2.24, 2.45) is 5.41 Å². The van der Waals surface area contributed by atoms with E-state index in [0.29, 0.717) is 12.8 Å². The van der Waals surface area contributed by atoms with Crippen LogP contribution in [0.5, 0.6) is 0 Å². The van der Waals surface area contributed by atoms with Gasteiger partial charge in [0.15, 0.2) is 0 Å². The summed E-state index contributed by atoms with van der Waals surface area (Å²) in [5.74, 6) is -0.309. The molecule has 0 aromatic carbocycles. The Kier molecular flexibility index (Phi) is 6.16. The Morgan fingerprint density at radius 3 is 1.72 bits per heavy atom. The van der Waals surface area contributed by atoms with E-state index in [9.17, 15) is 9.59 Å². The molecule has 0 saturated heterocycles. The number of ether oxygens (including phenoxy) is 2. The molecule has 1 fully saturated rings. The molecule has 0 atom stereocenters. The summed E-state index contributed by atoms with van der Waals surface area (Å²) in [4.78, 5) is 22.6. The van der Waals surface area contributed by atoms with Crippen LogP contribution >= 0.6 is 0 Å². The Bertz CT molecular complexity index is 258. The quantitative estimate of drug-likeness (QED) is 0.686. The summed E-state index contributed by atoms with van der Waals surface area (Å²) in [6.45, 7) is 0. The van der Waals surface area contributed by atoms with E-state index >= 15 is 0 Å². The number of carbonyl (C=O) groups is 2. The SMILES string of the molecule is COC(=O)CCC1(CCC(=O)OC)CCCCC1. The standard InChI is InChI=1S/C14H24O4/c1-17-12(15)6-10-14(8-4-3-5-9-14)11-7-13(16)18-2/h3-11H2,1-2H3. The monoisotopic (exact) mass is 256 g/mol. The minimum atomic E-state index is -0.155. The molecule has 0 radical (unpaired) electrons. The summed E-state index contributed by atoms with van der Waals surface area (Å²) in [5.41, 5.74) is 0.140. The highest BCUT2D eigenvalue weighted by Crippen LogP contribution is 2.44. The van der Waals surface area contributed by atoms with Crippen LogP contribution in [0.2, 0.25) is 0 Å². The Labute approximate surface area is 109 Å². The molecule has 0 aromatic heterocycles. The van der Waals surface area contributed by atoms with Gasteiger partial charge in [0, 0.05) is 12.8 Å². The highest BCUT2D eigenvalue weighted by atomic mass is 16.5. The van der Waals surface area contributed by atoms with Crippen molar-refractivity contribution < 1.29 is 19.1 Å². The number of hydrogen-bond donors (Lipinski definition) is 0. The topological polar surface area (TPSA) is 52.6 Å². The van der Waals surface area contributed by atoms with Gasteiger partial charge in [0.1, 0.15) is 0 Å². The van der Waals surface area contributed by atoms with Gasteiger partial charge in [-0.2, -0.15) is 0 Å². The summed E-state index contributed by atoms with van der Waals surface area (Å²) in [7, 11) is 2.84. The molecule has 1 aliphatic carbocycles. The second kappa shape index (κ2) is 7.39. The highest BCUT2D eigenvalue weighted by Gasteiger charge is 2.32. The minimum Gasteiger partial charge on any atom is -0.469 e. The molecule has 0 bridgehead atoms. The third kappa shape index (κ3) is 4.67. The van der Waals surface area contributed by atoms with E-state index in [1.807, 2.05) is 0 Å². The Hall–Kier alpha value is -1.06. The molecule has 1 rings (SSSR count). The van der Waals surface area contributed by atoms with Gasteiger partial charge in [-0.25, -0.2) is 0 Å². The van der Waals surface area contributed by atoms with Crippen LogP contribution in [-0.2, 0) is 19.1 Å². The minimum absolute atomic E-state index is 0.140. The summed E-state index contributed by atoms with van der Waals surface area (Å²) in [6.07, 6.45) is 8.45. The van der Waals surface area contributed by atoms with E-state index in [0.717, 1.165) is 25.7 Å². The molecule has 0 amide bonds. The van der Waals surface area contributed by atoms with E-state index in [4.69, 9.17) is 9.47 Å². The van der Waals surface area contributed by atoms with Crippen molar-refractivity contribution in [3.8, 4) is 0 Å². The molecule has 0 unspecified atom stereocenters. The van der Waals surface area contributed by atoms with Crippen molar-refractivity contribution in [3.05, 3.63) is 0 Å². The van der Waals surface area contributed by atoms with Crippen LogP contribution in [0.25, 0.3) is 0 Å². The van der Waals surface area contributed by atoms with Crippen LogP contribution in [0.1, 0.15) is 57.8 Å². The summed E-state index contributed by atoms with van der Waals surface area (Å²) in [5, 5.41) is 0. The zero-order valence-electron chi connectivity index (χ0n) is 11.5. The van der Waals surface area contributed by atoms with Gasteiger partial charge in [-0.15, -0.1) is 0 Å². The molecule has 0 heterocycles. The maximum atomic E-state index is 11.3. The van der Waals surface area contributed by atoms with Gasteiger partial charge < -0.3 is 9.47 Å². The molecular weight excluding hydrogens is 232 g/mol. The summed E-state index contributed by atoms with van der Waals surface area (Å²) >= 11 is 0. The molecule has 1 aliphatic rings. The van der Waals surface area contributed by atoms with Crippen molar-refractivity contribution in [2.45, 2.75) is 57.8 Å². The average Bonchev–Trinajstić information content (AvgIpc) is 2.43. The first-order valence-corrected chi connectivity index (χ1v) is 6.75. The first-order valence-electron chi connectivity index (χ1n) is 6.75. The van der Waals surface area contributed by atoms with E-state index in [1.54, 1.807) is 0 Å². The predicted octanol–water partition coefficient (Wildman–Crippen LogP) is 2.84. The van der Waals surface area contributed by atoms with Crippen LogP contribution < -0.4 is 0 Å². The normalized spacial score (nSPS) is 18.1. The fourth-order valence-electron chi connectivity index (χ4n) is 2.87. The zero-order valence-corrected chi connectivity index (χ0v) is 11.5. The van der Waals surface area contributed by atoms with Gasteiger partial charge in [-0.1, -0.05) is 19.3 Å². The first-order chi connectivity index (χ1) is 8.62. The molecule has 18 heavy (non-hydrogen) atoms. The third-order valence-electron chi connectivity index (χ3n) is 4.09. The number of carbonyl (C=O) groups excluding carboxylic acids is 2. The summed E-state index contributed by atoms with van der Waals surface area (Å²) < 4.78 is 9.40. The molecule has 1 saturated carbocycles. The number of hydrogen-bond acceptors (Lipinski definition) is 4. The molecule has 4 nitrogen and oxygen atoms in total. The average molecular weight is 256 g/mol. The van der Waals surface area contributed by atoms with E-state index in [-0.39, 0.29) is 17.4 Å². The van der Waals surface area contributed by atoms with Gasteiger partial charge in [0.05, 0.1) is 14.2 Å². The lowest BCUT2D eigenvalue weighted by Crippen LogP contribution is -2.26. The Morgan fingerprint density at radius 2 is 1.33 bits per heavy atom. The van der Waals surface area contributed by atoms with Crippen molar-refractivity contribution in [1.82, 2.24) is 0 Å². The molecule has 0 N–H and O–H groups in total. The Morgan fingerprint density at radius 1 is 0.889 bits per heavy atom. The first kappa shape index (κ1) is 15.0. The molecule has 104 valence electrons. The van der Waals surface area contributed by atoms with Gasteiger partial charge in [-0.3, -0.25) is 9.59 Å². The van der Waals surface area contributed by atoms with Crippen LogP contribution in [0.15, 0.2) is 0 Å². The van der Waals surface area contributed by atoms with Crippen LogP contribution in [0.4, 0.5) is 0 Å². The van der Waals surface area contributed by atoms with Crippen molar-refractivity contribution in [2.75, 3.05) is 14.2 Å². The number of methoxy groups -OCH3 is 2. The zero-order chi connectivity index (χ0) is 13.4. The second-order valence-corrected chi connectivity index (χ2v) is 5.21. The van der Waals surface area contributed by atoms with E-state index < -0.39 is 0 Å². The van der Waals surface area contributed by atoms with E-state index in [1.165, 1.54) is 33.5 Å². The number of esters is 2. The van der Waals surface area contributed by atoms with Gasteiger partial charge in [0.2, 0.25) is 0 Å². The molecule has 0 aliphatic heterocycles. The lowest BCUT2D eigenvalue weighted by atomic mass is 9.68. The van der Waals surface area contributed by atoms with Crippen molar-refractivity contribution >= 4 is 11.9 Å². The van der Waals surface area contributed by atoms with Crippen LogP contribution in [0.3, 0.4) is 0 Å². The molecule has 0 aromatic rings. The fraction of sp³-hybridized carbons (Fsp3) is 0.857. The van der Waals surface area contributed by atoms with Crippen LogP contribution in [0, 0.1) is 5.41 Å². The lowest BCUT2D eigenvalue weighted by Gasteiger charge is -2.37. The maximum absolute atomic E-state index is 11.3. The Balaban J connectivity index is 2.51. The van der Waals surface area contributed by atoms with Crippen LogP contribution in [-0.4, -0.2) is 26.2 Å². The van der Waals surface area contributed by atoms with E-state index in [2.05, 4.69) is 0 Å². The number of rotatable bonds is 6. The van der Waals surface area contributed by atoms with Crippen molar-refractivity contribution in [1.29, 1.82) is 0 Å². The lowest BCUT2D eigenvalue weighted by molar-refractivity contribution is -0.141.